The van der Waals surface area contributed by atoms with Crippen LogP contribution in [0.5, 0.6) is 0 Å². The molecular weight excluding hydrogens is 224 g/mol. The lowest BCUT2D eigenvalue weighted by Crippen LogP contribution is -2.19. The third-order valence-electron chi connectivity index (χ3n) is 2.55. The van der Waals surface area contributed by atoms with Crippen LogP contribution in [-0.2, 0) is 0 Å². The Hall–Kier alpha value is -2.54. The van der Waals surface area contributed by atoms with Crippen LogP contribution in [-0.4, -0.2) is 11.5 Å². The Labute approximate surface area is 106 Å². The number of pyridine rings is 1. The van der Waals surface area contributed by atoms with Crippen LogP contribution in [0.1, 0.15) is 6.42 Å². The summed E-state index contributed by atoms with van der Waals surface area (Å²) in [6.45, 7) is 0.594. The van der Waals surface area contributed by atoms with Gasteiger partial charge in [0.15, 0.2) is 0 Å². The van der Waals surface area contributed by atoms with E-state index in [0.717, 1.165) is 11.5 Å². The van der Waals surface area contributed by atoms with Gasteiger partial charge >= 0.3 is 0 Å². The Morgan fingerprint density at radius 3 is 2.56 bits per heavy atom. The highest BCUT2D eigenvalue weighted by Crippen LogP contribution is 2.23. The summed E-state index contributed by atoms with van der Waals surface area (Å²) in [4.78, 5) is 6.28. The van der Waals surface area contributed by atoms with E-state index in [2.05, 4.69) is 11.1 Å². The first-order chi connectivity index (χ1) is 8.81. The van der Waals surface area contributed by atoms with Crippen molar-refractivity contribution in [3.05, 3.63) is 48.5 Å². The van der Waals surface area contributed by atoms with Gasteiger partial charge in [0.25, 0.3) is 0 Å². The van der Waals surface area contributed by atoms with Crippen LogP contribution in [0.4, 0.5) is 17.3 Å². The minimum atomic E-state index is 0.436. The molecule has 1 aromatic carbocycles. The minimum absolute atomic E-state index is 0.436. The van der Waals surface area contributed by atoms with E-state index in [-0.39, 0.29) is 0 Å². The summed E-state index contributed by atoms with van der Waals surface area (Å²) in [5.74, 6) is 1.24. The average Bonchev–Trinajstić information content (AvgIpc) is 2.40. The number of nitrogen functional groups attached to an aromatic ring is 1. The zero-order valence-electron chi connectivity index (χ0n) is 9.95. The van der Waals surface area contributed by atoms with E-state index in [0.29, 0.717) is 18.8 Å². The minimum Gasteiger partial charge on any atom is -0.384 e. The maximum atomic E-state index is 8.74. The van der Waals surface area contributed by atoms with Gasteiger partial charge in [-0.2, -0.15) is 5.26 Å². The van der Waals surface area contributed by atoms with Crippen LogP contribution < -0.4 is 10.6 Å². The monoisotopic (exact) mass is 238 g/mol. The molecule has 0 bridgehead atoms. The largest absolute Gasteiger partial charge is 0.384 e. The Morgan fingerprint density at radius 2 is 1.89 bits per heavy atom. The first-order valence-corrected chi connectivity index (χ1v) is 5.73. The standard InChI is InChI=1S/C14H14N4/c15-10-5-11-18(12-6-2-1-3-7-12)14-9-4-8-13(16)17-14/h1-4,6-9H,5,11H2,(H2,16,17). The Kier molecular flexibility index (Phi) is 3.77. The highest BCUT2D eigenvalue weighted by Gasteiger charge is 2.09. The van der Waals surface area contributed by atoms with Gasteiger partial charge in [-0.05, 0) is 24.3 Å². The van der Waals surface area contributed by atoms with Crippen LogP contribution in [0.2, 0.25) is 0 Å². The maximum Gasteiger partial charge on any atom is 0.135 e. The number of nitrogens with zero attached hydrogens (tertiary/aromatic N) is 3. The van der Waals surface area contributed by atoms with Crippen molar-refractivity contribution in [2.75, 3.05) is 17.2 Å². The molecule has 0 aliphatic heterocycles. The molecule has 0 atom stereocenters. The zero-order chi connectivity index (χ0) is 12.8. The number of hydrogen-bond donors (Lipinski definition) is 1. The quantitative estimate of drug-likeness (QED) is 0.889. The van der Waals surface area contributed by atoms with Crippen LogP contribution in [0, 0.1) is 11.3 Å². The number of benzene rings is 1. The Morgan fingerprint density at radius 1 is 1.11 bits per heavy atom. The van der Waals surface area contributed by atoms with Gasteiger partial charge in [-0.25, -0.2) is 4.98 Å². The van der Waals surface area contributed by atoms with Gasteiger partial charge in [0.1, 0.15) is 11.6 Å². The topological polar surface area (TPSA) is 65.9 Å². The molecule has 0 amide bonds. The van der Waals surface area contributed by atoms with E-state index in [1.807, 2.05) is 47.4 Å². The predicted molar refractivity (Wildman–Crippen MR) is 72.3 cm³/mol. The first kappa shape index (κ1) is 11.9. The second-order valence-electron chi connectivity index (χ2n) is 3.82. The number of rotatable bonds is 4. The molecule has 0 aliphatic carbocycles. The lowest BCUT2D eigenvalue weighted by atomic mass is 10.2. The van der Waals surface area contributed by atoms with Crippen LogP contribution >= 0.6 is 0 Å². The molecule has 0 unspecified atom stereocenters. The van der Waals surface area contributed by atoms with Crippen molar-refractivity contribution < 1.29 is 0 Å². The summed E-state index contributed by atoms with van der Waals surface area (Å²) in [6, 6.07) is 17.5. The lowest BCUT2D eigenvalue weighted by Gasteiger charge is -2.22. The summed E-state index contributed by atoms with van der Waals surface area (Å²) in [5.41, 5.74) is 6.71. The Bertz CT molecular complexity index is 545. The zero-order valence-corrected chi connectivity index (χ0v) is 9.95. The first-order valence-electron chi connectivity index (χ1n) is 5.73. The summed E-state index contributed by atoms with van der Waals surface area (Å²) in [5, 5.41) is 8.74. The van der Waals surface area contributed by atoms with Crippen molar-refractivity contribution in [2.24, 2.45) is 0 Å². The maximum absolute atomic E-state index is 8.74. The van der Waals surface area contributed by atoms with Crippen molar-refractivity contribution >= 4 is 17.3 Å². The second-order valence-corrected chi connectivity index (χ2v) is 3.82. The van der Waals surface area contributed by atoms with Gasteiger partial charge in [0.2, 0.25) is 0 Å². The van der Waals surface area contributed by atoms with Crippen LogP contribution in [0.3, 0.4) is 0 Å². The molecule has 0 saturated carbocycles. The number of para-hydroxylation sites is 1. The molecule has 0 fully saturated rings. The molecular formula is C14H14N4. The molecule has 1 aromatic heterocycles. The van der Waals surface area contributed by atoms with E-state index < -0.39 is 0 Å². The summed E-state index contributed by atoms with van der Waals surface area (Å²) in [6.07, 6.45) is 0.436. The van der Waals surface area contributed by atoms with Gasteiger partial charge < -0.3 is 10.6 Å². The van der Waals surface area contributed by atoms with E-state index in [9.17, 15) is 0 Å². The van der Waals surface area contributed by atoms with E-state index in [4.69, 9.17) is 11.0 Å². The van der Waals surface area contributed by atoms with Crippen LogP contribution in [0.15, 0.2) is 48.5 Å². The summed E-state index contributed by atoms with van der Waals surface area (Å²) in [7, 11) is 0. The summed E-state index contributed by atoms with van der Waals surface area (Å²) < 4.78 is 0. The molecule has 1 heterocycles. The van der Waals surface area contributed by atoms with Crippen molar-refractivity contribution in [3.63, 3.8) is 0 Å². The molecule has 0 aliphatic rings. The SMILES string of the molecule is N#CCCN(c1ccccc1)c1cccc(N)n1. The average molecular weight is 238 g/mol. The predicted octanol–water partition coefficient (Wildman–Crippen LogP) is 2.72. The van der Waals surface area contributed by atoms with E-state index in [1.165, 1.54) is 0 Å². The van der Waals surface area contributed by atoms with Crippen molar-refractivity contribution in [1.82, 2.24) is 4.98 Å². The highest BCUT2D eigenvalue weighted by molar-refractivity contribution is 5.61. The normalized spacial score (nSPS) is 9.72. The molecule has 2 N–H and O–H groups in total. The molecule has 4 nitrogen and oxygen atoms in total. The third-order valence-corrected chi connectivity index (χ3v) is 2.55. The van der Waals surface area contributed by atoms with Gasteiger partial charge in [0, 0.05) is 12.2 Å². The number of anilines is 3. The lowest BCUT2D eigenvalue weighted by molar-refractivity contribution is 0.928. The fourth-order valence-electron chi connectivity index (χ4n) is 1.74. The van der Waals surface area contributed by atoms with Crippen molar-refractivity contribution in [2.45, 2.75) is 6.42 Å². The van der Waals surface area contributed by atoms with Crippen molar-refractivity contribution in [1.29, 1.82) is 5.26 Å². The smallest absolute Gasteiger partial charge is 0.135 e. The molecule has 2 aromatic rings. The van der Waals surface area contributed by atoms with E-state index in [1.54, 1.807) is 6.07 Å². The molecule has 0 radical (unpaired) electrons. The highest BCUT2D eigenvalue weighted by atomic mass is 15.2. The fraction of sp³-hybridized carbons (Fsp3) is 0.143. The molecule has 2 rings (SSSR count). The summed E-state index contributed by atoms with van der Waals surface area (Å²) >= 11 is 0. The molecule has 0 saturated heterocycles. The molecule has 18 heavy (non-hydrogen) atoms. The van der Waals surface area contributed by atoms with Gasteiger partial charge in [-0.3, -0.25) is 0 Å². The van der Waals surface area contributed by atoms with Gasteiger partial charge in [0.05, 0.1) is 12.5 Å². The fourth-order valence-corrected chi connectivity index (χ4v) is 1.74. The van der Waals surface area contributed by atoms with Crippen molar-refractivity contribution in [3.8, 4) is 6.07 Å². The molecule has 0 spiro atoms. The number of hydrogen-bond acceptors (Lipinski definition) is 4. The Balaban J connectivity index is 2.34. The number of nitriles is 1. The van der Waals surface area contributed by atoms with Gasteiger partial charge in [-0.15, -0.1) is 0 Å². The molecule has 90 valence electrons. The number of nitrogens with two attached hydrogens (primary N) is 1. The molecule has 4 heteroatoms. The van der Waals surface area contributed by atoms with E-state index >= 15 is 0 Å². The number of aromatic nitrogens is 1. The third kappa shape index (κ3) is 2.77. The van der Waals surface area contributed by atoms with Crippen LogP contribution in [0.25, 0.3) is 0 Å². The van der Waals surface area contributed by atoms with Gasteiger partial charge in [-0.1, -0.05) is 24.3 Å². The second kappa shape index (κ2) is 5.69.